The van der Waals surface area contributed by atoms with Gasteiger partial charge in [-0.15, -0.1) is 0 Å². The molecule has 52 valence electrons. The molecule has 0 amide bonds. The Bertz CT molecular complexity index is 129. The van der Waals surface area contributed by atoms with Crippen LogP contribution in [-0.4, -0.2) is 13.1 Å². The Morgan fingerprint density at radius 1 is 1.78 bits per heavy atom. The summed E-state index contributed by atoms with van der Waals surface area (Å²) in [6.07, 6.45) is 0.278. The van der Waals surface area contributed by atoms with Crippen LogP contribution >= 0.6 is 11.6 Å². The van der Waals surface area contributed by atoms with Gasteiger partial charge in [0, 0.05) is 5.54 Å². The highest BCUT2D eigenvalue weighted by molar-refractivity contribution is 6.25. The van der Waals surface area contributed by atoms with Crippen LogP contribution in [0.1, 0.15) is 13.3 Å². The molecule has 0 rings (SSSR count). The van der Waals surface area contributed by atoms with Gasteiger partial charge in [0.15, 0.2) is 0 Å². The van der Waals surface area contributed by atoms with Crippen molar-refractivity contribution in [2.24, 2.45) is 0 Å². The highest BCUT2D eigenvalue weighted by Gasteiger charge is 1.98. The fourth-order valence-electron chi connectivity index (χ4n) is 0.338. The van der Waals surface area contributed by atoms with Crippen molar-refractivity contribution in [2.75, 3.05) is 7.11 Å². The molecule has 0 saturated heterocycles. The molecule has 0 aliphatic carbocycles. The zero-order valence-corrected chi connectivity index (χ0v) is 6.23. The lowest BCUT2D eigenvalue weighted by molar-refractivity contribution is -0.139. The number of halogens is 1. The second kappa shape index (κ2) is 4.39. The predicted molar refractivity (Wildman–Crippen MR) is 36.2 cm³/mol. The van der Waals surface area contributed by atoms with Crippen molar-refractivity contribution in [3.63, 3.8) is 0 Å². The number of methoxy groups -OCH3 is 1. The van der Waals surface area contributed by atoms with Gasteiger partial charge in [0.1, 0.15) is 0 Å². The number of hydrogen-bond acceptors (Lipinski definition) is 2. The van der Waals surface area contributed by atoms with Crippen molar-refractivity contribution >= 4 is 17.6 Å². The molecule has 2 nitrogen and oxygen atoms in total. The summed E-state index contributed by atoms with van der Waals surface area (Å²) in [6, 6.07) is 0. The minimum Gasteiger partial charge on any atom is -0.469 e. The Morgan fingerprint density at radius 3 is 2.67 bits per heavy atom. The van der Waals surface area contributed by atoms with E-state index in [0.717, 1.165) is 5.57 Å². The molecule has 0 unspecified atom stereocenters. The molecule has 9 heavy (non-hydrogen) atoms. The normalized spacial score (nSPS) is 11.2. The first-order valence-electron chi connectivity index (χ1n) is 2.53. The van der Waals surface area contributed by atoms with Crippen molar-refractivity contribution in [1.29, 1.82) is 0 Å². The molecular weight excluding hydrogens is 140 g/mol. The molecule has 0 heterocycles. The fourth-order valence-corrected chi connectivity index (χ4v) is 0.416. The topological polar surface area (TPSA) is 26.3 Å². The van der Waals surface area contributed by atoms with Crippen LogP contribution in [0.15, 0.2) is 11.1 Å². The van der Waals surface area contributed by atoms with Gasteiger partial charge in [-0.05, 0) is 6.92 Å². The third-order valence-corrected chi connectivity index (χ3v) is 1.21. The number of rotatable bonds is 2. The van der Waals surface area contributed by atoms with Gasteiger partial charge in [-0.1, -0.05) is 17.2 Å². The van der Waals surface area contributed by atoms with Crippen molar-refractivity contribution < 1.29 is 9.53 Å². The molecule has 0 aromatic carbocycles. The van der Waals surface area contributed by atoms with Crippen molar-refractivity contribution in [1.82, 2.24) is 0 Å². The largest absolute Gasteiger partial charge is 0.469 e. The first kappa shape index (κ1) is 8.50. The third kappa shape index (κ3) is 4.03. The Labute approximate surface area is 59.5 Å². The van der Waals surface area contributed by atoms with Crippen LogP contribution in [0.25, 0.3) is 0 Å². The molecule has 0 radical (unpaired) electrons. The van der Waals surface area contributed by atoms with Gasteiger partial charge in [-0.2, -0.15) is 0 Å². The van der Waals surface area contributed by atoms with Crippen LogP contribution in [-0.2, 0) is 9.53 Å². The van der Waals surface area contributed by atoms with Crippen molar-refractivity contribution in [3.05, 3.63) is 11.1 Å². The zero-order valence-electron chi connectivity index (χ0n) is 5.48. The Kier molecular flexibility index (Phi) is 4.14. The molecule has 0 aromatic rings. The summed E-state index contributed by atoms with van der Waals surface area (Å²) in [6.45, 7) is 1.77. The zero-order chi connectivity index (χ0) is 7.28. The monoisotopic (exact) mass is 148 g/mol. The maximum Gasteiger partial charge on any atom is 0.309 e. The van der Waals surface area contributed by atoms with Crippen LogP contribution < -0.4 is 0 Å². The molecule has 0 saturated carbocycles. The lowest BCUT2D eigenvalue weighted by Crippen LogP contribution is -1.99. The molecule has 0 aromatic heterocycles. The summed E-state index contributed by atoms with van der Waals surface area (Å²) in [4.78, 5) is 10.5. The summed E-state index contributed by atoms with van der Waals surface area (Å²) in [5.74, 6) is -0.260. The minimum absolute atomic E-state index is 0.260. The van der Waals surface area contributed by atoms with E-state index in [-0.39, 0.29) is 12.4 Å². The summed E-state index contributed by atoms with van der Waals surface area (Å²) < 4.78 is 4.38. The number of carbonyl (C=O) groups excluding carboxylic acids is 1. The number of carbonyl (C=O) groups is 1. The van der Waals surface area contributed by atoms with Gasteiger partial charge in [0.25, 0.3) is 0 Å². The average molecular weight is 149 g/mol. The Balaban J connectivity index is 3.60. The number of ether oxygens (including phenoxy) is 1. The number of hydrogen-bond donors (Lipinski definition) is 0. The molecule has 0 aliphatic rings. The number of esters is 1. The molecule has 0 spiro atoms. The molecule has 3 heteroatoms. The maximum absolute atomic E-state index is 10.5. The summed E-state index contributed by atoms with van der Waals surface area (Å²) in [5, 5.41) is 0. The Morgan fingerprint density at radius 2 is 2.33 bits per heavy atom. The molecule has 0 atom stereocenters. The molecule has 0 fully saturated rings. The van der Waals surface area contributed by atoms with Gasteiger partial charge in [0.2, 0.25) is 0 Å². The van der Waals surface area contributed by atoms with E-state index in [2.05, 4.69) is 4.74 Å². The van der Waals surface area contributed by atoms with E-state index in [1.54, 1.807) is 6.92 Å². The second-order valence-electron chi connectivity index (χ2n) is 1.71. The van der Waals surface area contributed by atoms with Crippen LogP contribution in [0.2, 0.25) is 0 Å². The minimum atomic E-state index is -0.260. The van der Waals surface area contributed by atoms with Crippen molar-refractivity contribution in [2.45, 2.75) is 13.3 Å². The summed E-state index contributed by atoms with van der Waals surface area (Å²) in [7, 11) is 1.35. The SMILES string of the molecule is COC(=O)CC(C)=CCl. The average Bonchev–Trinajstić information content (AvgIpc) is 1.87. The van der Waals surface area contributed by atoms with E-state index in [9.17, 15) is 4.79 Å². The molecular formula is C6H9ClO2. The Hall–Kier alpha value is -0.500. The van der Waals surface area contributed by atoms with Gasteiger partial charge >= 0.3 is 5.97 Å². The summed E-state index contributed by atoms with van der Waals surface area (Å²) >= 11 is 5.28. The van der Waals surface area contributed by atoms with E-state index in [1.807, 2.05) is 0 Å². The second-order valence-corrected chi connectivity index (χ2v) is 1.93. The lowest BCUT2D eigenvalue weighted by atomic mass is 10.2. The van der Waals surface area contributed by atoms with Crippen LogP contribution in [0.5, 0.6) is 0 Å². The summed E-state index contributed by atoms with van der Waals surface area (Å²) in [5.41, 5.74) is 2.18. The van der Waals surface area contributed by atoms with E-state index < -0.39 is 0 Å². The standard InChI is InChI=1S/C6H9ClO2/c1-5(4-7)3-6(8)9-2/h4H,3H2,1-2H3. The van der Waals surface area contributed by atoms with Crippen LogP contribution in [0.4, 0.5) is 0 Å². The van der Waals surface area contributed by atoms with Gasteiger partial charge in [-0.3, -0.25) is 4.79 Å². The predicted octanol–water partition coefficient (Wildman–Crippen LogP) is 1.69. The van der Waals surface area contributed by atoms with Gasteiger partial charge in [-0.25, -0.2) is 0 Å². The molecule has 0 N–H and O–H groups in total. The first-order chi connectivity index (χ1) is 4.20. The van der Waals surface area contributed by atoms with Crippen LogP contribution in [0.3, 0.4) is 0 Å². The lowest BCUT2D eigenvalue weighted by Gasteiger charge is -1.95. The van der Waals surface area contributed by atoms with Crippen LogP contribution in [0, 0.1) is 0 Å². The quantitative estimate of drug-likeness (QED) is 0.557. The smallest absolute Gasteiger partial charge is 0.309 e. The molecule has 0 aliphatic heterocycles. The third-order valence-electron chi connectivity index (χ3n) is 0.837. The van der Waals surface area contributed by atoms with E-state index >= 15 is 0 Å². The highest BCUT2D eigenvalue weighted by Crippen LogP contribution is 2.01. The van der Waals surface area contributed by atoms with Gasteiger partial charge < -0.3 is 4.74 Å². The van der Waals surface area contributed by atoms with Crippen molar-refractivity contribution in [3.8, 4) is 0 Å². The van der Waals surface area contributed by atoms with E-state index in [0.29, 0.717) is 0 Å². The maximum atomic E-state index is 10.5. The fraction of sp³-hybridized carbons (Fsp3) is 0.500. The molecule has 0 bridgehead atoms. The van der Waals surface area contributed by atoms with Gasteiger partial charge in [0.05, 0.1) is 13.5 Å². The first-order valence-corrected chi connectivity index (χ1v) is 2.97. The highest BCUT2D eigenvalue weighted by atomic mass is 35.5. The van der Waals surface area contributed by atoms with E-state index in [1.165, 1.54) is 12.6 Å². The van der Waals surface area contributed by atoms with E-state index in [4.69, 9.17) is 11.6 Å².